The molecule has 2 heterocycles. The zero-order valence-electron chi connectivity index (χ0n) is 10.2. The van der Waals surface area contributed by atoms with Gasteiger partial charge in [-0.3, -0.25) is 4.98 Å². The molecule has 0 radical (unpaired) electrons. The summed E-state index contributed by atoms with van der Waals surface area (Å²) in [6.45, 7) is 6.85. The van der Waals surface area contributed by atoms with Gasteiger partial charge in [0.1, 0.15) is 0 Å². The Labute approximate surface area is 97.9 Å². The fourth-order valence-electron chi connectivity index (χ4n) is 2.51. The fraction of sp³-hybridized carbons (Fsp3) is 0.615. The molecule has 0 saturated carbocycles. The van der Waals surface area contributed by atoms with Crippen LogP contribution in [0.2, 0.25) is 0 Å². The van der Waals surface area contributed by atoms with E-state index in [1.807, 2.05) is 12.4 Å². The highest BCUT2D eigenvalue weighted by molar-refractivity contribution is 5.09. The second-order valence-electron chi connectivity index (χ2n) is 5.27. The van der Waals surface area contributed by atoms with Crippen molar-refractivity contribution in [3.05, 3.63) is 30.1 Å². The van der Waals surface area contributed by atoms with E-state index in [0.717, 1.165) is 19.6 Å². The van der Waals surface area contributed by atoms with Crippen LogP contribution in [0, 0.1) is 5.41 Å². The third-order valence-electron chi connectivity index (χ3n) is 3.31. The second-order valence-corrected chi connectivity index (χ2v) is 5.27. The van der Waals surface area contributed by atoms with E-state index < -0.39 is 0 Å². The molecule has 3 nitrogen and oxygen atoms in total. The molecule has 2 rings (SSSR count). The molecule has 16 heavy (non-hydrogen) atoms. The molecule has 1 N–H and O–H groups in total. The molecule has 1 unspecified atom stereocenters. The summed E-state index contributed by atoms with van der Waals surface area (Å²) in [5, 5.41) is 3.45. The SMILES string of the molecule is CN(Cc1ccncc1)CC1(C)CCNC1. The summed E-state index contributed by atoms with van der Waals surface area (Å²) < 4.78 is 0. The molecule has 1 aromatic rings. The first-order valence-corrected chi connectivity index (χ1v) is 5.96. The van der Waals surface area contributed by atoms with Gasteiger partial charge in [-0.25, -0.2) is 0 Å². The molecule has 0 amide bonds. The van der Waals surface area contributed by atoms with Crippen molar-refractivity contribution in [3.8, 4) is 0 Å². The van der Waals surface area contributed by atoms with Crippen molar-refractivity contribution in [3.63, 3.8) is 0 Å². The first-order valence-electron chi connectivity index (χ1n) is 5.96. The van der Waals surface area contributed by atoms with E-state index in [0.29, 0.717) is 5.41 Å². The Morgan fingerprint density at radius 2 is 2.19 bits per heavy atom. The Hall–Kier alpha value is -0.930. The van der Waals surface area contributed by atoms with Gasteiger partial charge >= 0.3 is 0 Å². The number of rotatable bonds is 4. The third kappa shape index (κ3) is 3.03. The van der Waals surface area contributed by atoms with Crippen molar-refractivity contribution in [1.82, 2.24) is 15.2 Å². The maximum Gasteiger partial charge on any atom is 0.0271 e. The smallest absolute Gasteiger partial charge is 0.0271 e. The van der Waals surface area contributed by atoms with Gasteiger partial charge < -0.3 is 10.2 Å². The van der Waals surface area contributed by atoms with Crippen LogP contribution in [0.4, 0.5) is 0 Å². The van der Waals surface area contributed by atoms with E-state index in [-0.39, 0.29) is 0 Å². The summed E-state index contributed by atoms with van der Waals surface area (Å²) in [5.41, 5.74) is 1.79. The minimum atomic E-state index is 0.446. The average Bonchev–Trinajstić information content (AvgIpc) is 2.66. The highest BCUT2D eigenvalue weighted by atomic mass is 15.1. The lowest BCUT2D eigenvalue weighted by Gasteiger charge is -2.29. The van der Waals surface area contributed by atoms with Crippen molar-refractivity contribution < 1.29 is 0 Å². The highest BCUT2D eigenvalue weighted by Gasteiger charge is 2.29. The van der Waals surface area contributed by atoms with Crippen LogP contribution in [0.15, 0.2) is 24.5 Å². The summed E-state index contributed by atoms with van der Waals surface area (Å²) in [5.74, 6) is 0. The molecule has 0 aromatic carbocycles. The quantitative estimate of drug-likeness (QED) is 0.832. The van der Waals surface area contributed by atoms with Crippen LogP contribution in [0.5, 0.6) is 0 Å². The topological polar surface area (TPSA) is 28.2 Å². The first-order chi connectivity index (χ1) is 7.68. The number of hydrogen-bond acceptors (Lipinski definition) is 3. The van der Waals surface area contributed by atoms with Crippen LogP contribution >= 0.6 is 0 Å². The average molecular weight is 219 g/mol. The summed E-state index contributed by atoms with van der Waals surface area (Å²) in [6.07, 6.45) is 5.01. The van der Waals surface area contributed by atoms with Crippen LogP contribution in [0.25, 0.3) is 0 Å². The third-order valence-corrected chi connectivity index (χ3v) is 3.31. The fourth-order valence-corrected chi connectivity index (χ4v) is 2.51. The Kier molecular flexibility index (Phi) is 3.56. The maximum absolute atomic E-state index is 4.04. The number of hydrogen-bond donors (Lipinski definition) is 1. The molecule has 1 aromatic heterocycles. The van der Waals surface area contributed by atoms with Crippen molar-refractivity contribution in [2.75, 3.05) is 26.7 Å². The Morgan fingerprint density at radius 1 is 1.44 bits per heavy atom. The predicted molar refractivity (Wildman–Crippen MR) is 66.2 cm³/mol. The van der Waals surface area contributed by atoms with E-state index in [9.17, 15) is 0 Å². The number of nitrogens with one attached hydrogen (secondary N) is 1. The molecular weight excluding hydrogens is 198 g/mol. The van der Waals surface area contributed by atoms with E-state index in [2.05, 4.69) is 41.3 Å². The van der Waals surface area contributed by atoms with E-state index >= 15 is 0 Å². The predicted octanol–water partition coefficient (Wildman–Crippen LogP) is 1.51. The maximum atomic E-state index is 4.04. The zero-order chi connectivity index (χ0) is 11.4. The van der Waals surface area contributed by atoms with Crippen molar-refractivity contribution in [1.29, 1.82) is 0 Å². The number of nitrogens with zero attached hydrogens (tertiary/aromatic N) is 2. The standard InChI is InChI=1S/C13H21N3/c1-13(5-8-15-10-13)11-16(2)9-12-3-6-14-7-4-12/h3-4,6-7,15H,5,8-11H2,1-2H3. The van der Waals surface area contributed by atoms with Crippen LogP contribution in [-0.4, -0.2) is 36.6 Å². The minimum absolute atomic E-state index is 0.446. The van der Waals surface area contributed by atoms with Gasteiger partial charge in [-0.15, -0.1) is 0 Å². The van der Waals surface area contributed by atoms with Crippen molar-refractivity contribution in [2.24, 2.45) is 5.41 Å². The number of pyridine rings is 1. The largest absolute Gasteiger partial charge is 0.316 e. The Balaban J connectivity index is 1.86. The number of aromatic nitrogens is 1. The van der Waals surface area contributed by atoms with Gasteiger partial charge in [0.2, 0.25) is 0 Å². The van der Waals surface area contributed by atoms with Gasteiger partial charge in [0.25, 0.3) is 0 Å². The van der Waals surface area contributed by atoms with E-state index in [1.165, 1.54) is 18.5 Å². The molecule has 88 valence electrons. The lowest BCUT2D eigenvalue weighted by Crippen LogP contribution is -2.34. The Bertz CT molecular complexity index is 317. The molecule has 0 aliphatic carbocycles. The molecule has 3 heteroatoms. The normalized spacial score (nSPS) is 25.2. The van der Waals surface area contributed by atoms with Gasteiger partial charge in [-0.05, 0) is 43.1 Å². The molecule has 1 fully saturated rings. The minimum Gasteiger partial charge on any atom is -0.316 e. The van der Waals surface area contributed by atoms with Crippen LogP contribution < -0.4 is 5.32 Å². The summed E-state index contributed by atoms with van der Waals surface area (Å²) in [7, 11) is 2.20. The molecule has 1 saturated heterocycles. The van der Waals surface area contributed by atoms with Gasteiger partial charge in [0.05, 0.1) is 0 Å². The first kappa shape index (κ1) is 11.6. The summed E-state index contributed by atoms with van der Waals surface area (Å²) >= 11 is 0. The highest BCUT2D eigenvalue weighted by Crippen LogP contribution is 2.25. The lowest BCUT2D eigenvalue weighted by molar-refractivity contribution is 0.203. The van der Waals surface area contributed by atoms with E-state index in [4.69, 9.17) is 0 Å². The summed E-state index contributed by atoms with van der Waals surface area (Å²) in [6, 6.07) is 4.18. The van der Waals surface area contributed by atoms with Crippen LogP contribution in [0.1, 0.15) is 18.9 Å². The van der Waals surface area contributed by atoms with Gasteiger partial charge in [-0.1, -0.05) is 6.92 Å². The van der Waals surface area contributed by atoms with E-state index in [1.54, 1.807) is 0 Å². The molecule has 0 spiro atoms. The van der Waals surface area contributed by atoms with Gasteiger partial charge in [-0.2, -0.15) is 0 Å². The van der Waals surface area contributed by atoms with Crippen LogP contribution in [-0.2, 0) is 6.54 Å². The van der Waals surface area contributed by atoms with Crippen molar-refractivity contribution in [2.45, 2.75) is 19.9 Å². The Morgan fingerprint density at radius 3 is 2.81 bits per heavy atom. The molecule has 1 atom stereocenters. The van der Waals surface area contributed by atoms with Crippen LogP contribution in [0.3, 0.4) is 0 Å². The summed E-state index contributed by atoms with van der Waals surface area (Å²) in [4.78, 5) is 6.45. The second kappa shape index (κ2) is 4.93. The lowest BCUT2D eigenvalue weighted by atomic mass is 9.89. The van der Waals surface area contributed by atoms with Gasteiger partial charge in [0, 0.05) is 32.0 Å². The monoisotopic (exact) mass is 219 g/mol. The van der Waals surface area contributed by atoms with Gasteiger partial charge in [0.15, 0.2) is 0 Å². The molecule has 0 bridgehead atoms. The molecule has 1 aliphatic heterocycles. The molecular formula is C13H21N3. The molecule has 1 aliphatic rings. The zero-order valence-corrected chi connectivity index (χ0v) is 10.2. The van der Waals surface area contributed by atoms with Crippen molar-refractivity contribution >= 4 is 0 Å².